The number of methoxy groups -OCH3 is 1. The van der Waals surface area contributed by atoms with Crippen LogP contribution in [0.1, 0.15) is 4.88 Å². The molecule has 2 aromatic heterocycles. The van der Waals surface area contributed by atoms with Crippen molar-refractivity contribution in [3.8, 4) is 10.6 Å². The summed E-state index contributed by atoms with van der Waals surface area (Å²) in [5.41, 5.74) is 0.252. The molecule has 0 saturated heterocycles. The van der Waals surface area contributed by atoms with Gasteiger partial charge in [-0.3, -0.25) is 4.31 Å². The number of carbonyl (C=O) groups excluding carboxylic acids is 1. The lowest BCUT2D eigenvalue weighted by Gasteiger charge is -2.25. The van der Waals surface area contributed by atoms with E-state index < -0.39 is 27.4 Å². The van der Waals surface area contributed by atoms with Crippen molar-refractivity contribution in [2.24, 2.45) is 0 Å². The van der Waals surface area contributed by atoms with Crippen LogP contribution >= 0.6 is 11.3 Å². The third kappa shape index (κ3) is 2.24. The van der Waals surface area contributed by atoms with E-state index in [1.807, 2.05) is 24.3 Å². The van der Waals surface area contributed by atoms with Crippen molar-refractivity contribution in [1.29, 1.82) is 0 Å². The van der Waals surface area contributed by atoms with Crippen LogP contribution in [0, 0.1) is 0 Å². The molecule has 7 nitrogen and oxygen atoms in total. The lowest BCUT2D eigenvalue weighted by Crippen LogP contribution is -2.34. The lowest BCUT2D eigenvalue weighted by atomic mass is 10.2. The molecule has 1 aromatic carbocycles. The molecular formula is C17H13NO6S2. The van der Waals surface area contributed by atoms with Crippen molar-refractivity contribution in [2.45, 2.75) is 4.90 Å². The summed E-state index contributed by atoms with van der Waals surface area (Å²) < 4.78 is 36.6. The van der Waals surface area contributed by atoms with Gasteiger partial charge in [0.1, 0.15) is 16.2 Å². The number of likely N-dealkylation sites (N-methyl/N-ethyl adjacent to an activating group) is 1. The SMILES string of the molecule is COC(=O)C1=C(O)c2sc(-c3cc4ccccc4o3)cc2S(=O)(=O)N1C. The number of aliphatic hydroxyl groups excluding tert-OH is 1. The molecule has 9 heteroatoms. The molecule has 3 aromatic rings. The van der Waals surface area contributed by atoms with Gasteiger partial charge >= 0.3 is 5.97 Å². The first-order valence-electron chi connectivity index (χ1n) is 7.48. The number of aliphatic hydroxyl groups is 1. The average Bonchev–Trinajstić information content (AvgIpc) is 3.24. The van der Waals surface area contributed by atoms with Gasteiger partial charge in [0.25, 0.3) is 10.0 Å². The highest BCUT2D eigenvalue weighted by Crippen LogP contribution is 2.44. The molecular weight excluding hydrogens is 378 g/mol. The molecule has 0 radical (unpaired) electrons. The van der Waals surface area contributed by atoms with Gasteiger partial charge in [-0.05, 0) is 18.2 Å². The van der Waals surface area contributed by atoms with Gasteiger partial charge in [-0.2, -0.15) is 0 Å². The van der Waals surface area contributed by atoms with E-state index in [1.54, 1.807) is 6.07 Å². The maximum absolute atomic E-state index is 12.7. The molecule has 0 spiro atoms. The van der Waals surface area contributed by atoms with Gasteiger partial charge in [0, 0.05) is 12.4 Å². The Morgan fingerprint density at radius 2 is 2.00 bits per heavy atom. The Bertz CT molecular complexity index is 1150. The van der Waals surface area contributed by atoms with E-state index in [1.165, 1.54) is 13.1 Å². The summed E-state index contributed by atoms with van der Waals surface area (Å²) >= 11 is 1.03. The van der Waals surface area contributed by atoms with Crippen molar-refractivity contribution in [3.05, 3.63) is 47.0 Å². The Balaban J connectivity index is 1.94. The quantitative estimate of drug-likeness (QED) is 0.674. The minimum atomic E-state index is -3.99. The number of fused-ring (bicyclic) bond motifs is 2. The number of benzene rings is 1. The molecule has 1 aliphatic rings. The fourth-order valence-corrected chi connectivity index (χ4v) is 5.56. The zero-order valence-corrected chi connectivity index (χ0v) is 15.3. The van der Waals surface area contributed by atoms with Crippen LogP contribution in [-0.4, -0.2) is 38.0 Å². The van der Waals surface area contributed by atoms with Crippen LogP contribution in [0.4, 0.5) is 0 Å². The normalized spacial score (nSPS) is 16.0. The number of hydrogen-bond donors (Lipinski definition) is 1. The summed E-state index contributed by atoms with van der Waals surface area (Å²) in [4.78, 5) is 12.5. The molecule has 0 fully saturated rings. The zero-order valence-electron chi connectivity index (χ0n) is 13.7. The summed E-state index contributed by atoms with van der Waals surface area (Å²) in [5, 5.41) is 11.4. The molecule has 0 saturated carbocycles. The zero-order chi connectivity index (χ0) is 18.6. The molecule has 4 rings (SSSR count). The first kappa shape index (κ1) is 16.7. The number of carbonyl (C=O) groups is 1. The van der Waals surface area contributed by atoms with Crippen LogP contribution in [0.15, 0.2) is 51.4 Å². The molecule has 26 heavy (non-hydrogen) atoms. The maximum Gasteiger partial charge on any atom is 0.359 e. The summed E-state index contributed by atoms with van der Waals surface area (Å²) in [6, 6.07) is 10.6. The fourth-order valence-electron chi connectivity index (χ4n) is 2.80. The highest BCUT2D eigenvalue weighted by molar-refractivity contribution is 7.89. The van der Waals surface area contributed by atoms with Gasteiger partial charge in [-0.15, -0.1) is 11.3 Å². The molecule has 3 heterocycles. The Hall–Kier alpha value is -2.78. The standard InChI is InChI=1S/C17H13NO6S2/c1-18-14(17(20)23-2)15(19)16-13(26(18,21)22)8-12(25-16)11-7-9-5-3-4-6-10(9)24-11/h3-8,19H,1-2H3. The van der Waals surface area contributed by atoms with Gasteiger partial charge in [0.15, 0.2) is 11.5 Å². The molecule has 0 unspecified atom stereocenters. The van der Waals surface area contributed by atoms with Crippen LogP contribution in [0.25, 0.3) is 27.4 Å². The molecule has 0 atom stereocenters. The van der Waals surface area contributed by atoms with Gasteiger partial charge in [0.05, 0.1) is 16.9 Å². The third-order valence-electron chi connectivity index (χ3n) is 4.14. The molecule has 134 valence electrons. The smallest absolute Gasteiger partial charge is 0.359 e. The highest BCUT2D eigenvalue weighted by Gasteiger charge is 2.40. The Kier molecular flexibility index (Phi) is 3.60. The topological polar surface area (TPSA) is 97.0 Å². The number of thiophene rings is 1. The second-order valence-corrected chi connectivity index (χ2v) is 8.60. The van der Waals surface area contributed by atoms with Gasteiger partial charge in [0.2, 0.25) is 0 Å². The predicted octanol–water partition coefficient (Wildman–Crippen LogP) is 3.20. The summed E-state index contributed by atoms with van der Waals surface area (Å²) in [7, 11) is -1.68. The van der Waals surface area contributed by atoms with Crippen molar-refractivity contribution in [2.75, 3.05) is 14.2 Å². The minimum Gasteiger partial charge on any atom is -0.504 e. The Morgan fingerprint density at radius 3 is 2.69 bits per heavy atom. The van der Waals surface area contributed by atoms with Gasteiger partial charge < -0.3 is 14.3 Å². The molecule has 1 aliphatic heterocycles. The van der Waals surface area contributed by atoms with Crippen molar-refractivity contribution >= 4 is 44.1 Å². The van der Waals surface area contributed by atoms with Crippen molar-refractivity contribution in [3.63, 3.8) is 0 Å². The second-order valence-electron chi connectivity index (χ2n) is 5.61. The summed E-state index contributed by atoms with van der Waals surface area (Å²) in [5.74, 6) is -0.884. The van der Waals surface area contributed by atoms with Crippen LogP contribution in [-0.2, 0) is 19.6 Å². The minimum absolute atomic E-state index is 0.0781. The highest BCUT2D eigenvalue weighted by atomic mass is 32.2. The number of rotatable bonds is 2. The monoisotopic (exact) mass is 391 g/mol. The molecule has 1 N–H and O–H groups in total. The first-order valence-corrected chi connectivity index (χ1v) is 9.74. The van der Waals surface area contributed by atoms with Gasteiger partial charge in [-0.25, -0.2) is 13.2 Å². The number of ether oxygens (including phenoxy) is 1. The third-order valence-corrected chi connectivity index (χ3v) is 7.20. The maximum atomic E-state index is 12.7. The number of para-hydroxylation sites is 1. The van der Waals surface area contributed by atoms with E-state index in [-0.39, 0.29) is 9.77 Å². The van der Waals surface area contributed by atoms with E-state index in [0.29, 0.717) is 16.2 Å². The van der Waals surface area contributed by atoms with E-state index >= 15 is 0 Å². The number of nitrogens with zero attached hydrogens (tertiary/aromatic N) is 1. The van der Waals surface area contributed by atoms with Crippen LogP contribution in [0.2, 0.25) is 0 Å². The largest absolute Gasteiger partial charge is 0.504 e. The average molecular weight is 391 g/mol. The van der Waals surface area contributed by atoms with Gasteiger partial charge in [-0.1, -0.05) is 18.2 Å². The van der Waals surface area contributed by atoms with E-state index in [4.69, 9.17) is 4.42 Å². The molecule has 0 bridgehead atoms. The number of sulfonamides is 1. The fraction of sp³-hybridized carbons (Fsp3) is 0.118. The van der Waals surface area contributed by atoms with E-state index in [2.05, 4.69) is 4.74 Å². The first-order chi connectivity index (χ1) is 12.3. The lowest BCUT2D eigenvalue weighted by molar-refractivity contribution is -0.137. The number of esters is 1. The van der Waals surface area contributed by atoms with E-state index in [9.17, 15) is 18.3 Å². The van der Waals surface area contributed by atoms with Crippen LogP contribution in [0.5, 0.6) is 0 Å². The predicted molar refractivity (Wildman–Crippen MR) is 96.0 cm³/mol. The van der Waals surface area contributed by atoms with Crippen molar-refractivity contribution < 1.29 is 27.5 Å². The summed E-state index contributed by atoms with van der Waals surface area (Å²) in [6.45, 7) is 0. The Labute approximate surface area is 152 Å². The number of hydrogen-bond acceptors (Lipinski definition) is 7. The van der Waals surface area contributed by atoms with Crippen LogP contribution in [0.3, 0.4) is 0 Å². The van der Waals surface area contributed by atoms with Crippen LogP contribution < -0.4 is 0 Å². The molecule has 0 amide bonds. The summed E-state index contributed by atoms with van der Waals surface area (Å²) in [6.07, 6.45) is 0. The Morgan fingerprint density at radius 1 is 1.27 bits per heavy atom. The van der Waals surface area contributed by atoms with Crippen molar-refractivity contribution in [1.82, 2.24) is 4.31 Å². The number of furan rings is 1. The second kappa shape index (κ2) is 5.61. The molecule has 0 aliphatic carbocycles. The van der Waals surface area contributed by atoms with E-state index in [0.717, 1.165) is 28.1 Å².